The van der Waals surface area contributed by atoms with Crippen molar-refractivity contribution in [3.63, 3.8) is 0 Å². The lowest BCUT2D eigenvalue weighted by Crippen LogP contribution is -2.27. The van der Waals surface area contributed by atoms with E-state index in [1.807, 2.05) is 26.0 Å². The summed E-state index contributed by atoms with van der Waals surface area (Å²) in [5, 5.41) is 0. The van der Waals surface area contributed by atoms with E-state index in [-0.39, 0.29) is 0 Å². The van der Waals surface area contributed by atoms with Gasteiger partial charge in [-0.05, 0) is 25.5 Å². The van der Waals surface area contributed by atoms with E-state index in [1.54, 1.807) is 19.2 Å². The predicted molar refractivity (Wildman–Crippen MR) is 65.9 cm³/mol. The minimum Gasteiger partial charge on any atom is -0.207 e. The van der Waals surface area contributed by atoms with E-state index in [0.717, 1.165) is 18.4 Å². The van der Waals surface area contributed by atoms with Gasteiger partial charge in [0.25, 0.3) is 0 Å². The zero-order chi connectivity index (χ0) is 12.2. The van der Waals surface area contributed by atoms with Crippen molar-refractivity contribution in [2.75, 3.05) is 13.6 Å². The second-order valence-corrected chi connectivity index (χ2v) is 6.04. The maximum absolute atomic E-state index is 12.1. The van der Waals surface area contributed by atoms with Crippen molar-refractivity contribution in [2.24, 2.45) is 0 Å². The molecule has 1 rings (SSSR count). The number of aryl methyl sites for hydroxylation is 1. The Hall–Kier alpha value is -0.870. The fraction of sp³-hybridized carbons (Fsp3) is 0.500. The van der Waals surface area contributed by atoms with Gasteiger partial charge in [-0.15, -0.1) is 0 Å². The first-order chi connectivity index (χ1) is 7.48. The Bertz CT molecular complexity index is 423. The molecule has 4 heteroatoms. The smallest absolute Gasteiger partial charge is 0.207 e. The van der Waals surface area contributed by atoms with Crippen LogP contribution >= 0.6 is 0 Å². The fourth-order valence-electron chi connectivity index (χ4n) is 1.39. The summed E-state index contributed by atoms with van der Waals surface area (Å²) in [6.07, 6.45) is 1.88. The van der Waals surface area contributed by atoms with Gasteiger partial charge in [0, 0.05) is 13.6 Å². The van der Waals surface area contributed by atoms with Crippen LogP contribution in [-0.4, -0.2) is 26.3 Å². The van der Waals surface area contributed by atoms with Gasteiger partial charge in [0.1, 0.15) is 0 Å². The van der Waals surface area contributed by atoms with Gasteiger partial charge >= 0.3 is 0 Å². The van der Waals surface area contributed by atoms with Crippen LogP contribution in [0.15, 0.2) is 29.2 Å². The summed E-state index contributed by atoms with van der Waals surface area (Å²) in [5.74, 6) is 0. The summed E-state index contributed by atoms with van der Waals surface area (Å²) in [5.41, 5.74) is 1.06. The number of hydrogen-bond acceptors (Lipinski definition) is 2. The predicted octanol–water partition coefficient (Wildman–Crippen LogP) is 2.42. The molecule has 0 heterocycles. The molecule has 1 aromatic rings. The van der Waals surface area contributed by atoms with E-state index >= 15 is 0 Å². The Morgan fingerprint density at radius 2 is 1.75 bits per heavy atom. The van der Waals surface area contributed by atoms with Gasteiger partial charge < -0.3 is 0 Å². The molecule has 0 fully saturated rings. The van der Waals surface area contributed by atoms with E-state index in [4.69, 9.17) is 0 Å². The highest BCUT2D eigenvalue weighted by Gasteiger charge is 2.19. The molecule has 3 nitrogen and oxygen atoms in total. The first-order valence-electron chi connectivity index (χ1n) is 5.51. The van der Waals surface area contributed by atoms with Crippen molar-refractivity contribution in [1.29, 1.82) is 0 Å². The molecule has 0 unspecified atom stereocenters. The fourth-order valence-corrected chi connectivity index (χ4v) is 2.60. The van der Waals surface area contributed by atoms with Gasteiger partial charge in [0.15, 0.2) is 0 Å². The molecule has 0 saturated heterocycles. The number of rotatable bonds is 5. The maximum Gasteiger partial charge on any atom is 0.242 e. The third-order valence-corrected chi connectivity index (χ3v) is 4.43. The first kappa shape index (κ1) is 13.2. The molecule has 0 saturated carbocycles. The Labute approximate surface area is 98.1 Å². The van der Waals surface area contributed by atoms with E-state index in [0.29, 0.717) is 11.4 Å². The van der Waals surface area contributed by atoms with Crippen LogP contribution in [-0.2, 0) is 10.0 Å². The molecule has 16 heavy (non-hydrogen) atoms. The molecule has 0 amide bonds. The molecule has 0 aliphatic heterocycles. The van der Waals surface area contributed by atoms with Gasteiger partial charge in [0.05, 0.1) is 4.90 Å². The van der Waals surface area contributed by atoms with Crippen LogP contribution in [0.1, 0.15) is 25.3 Å². The van der Waals surface area contributed by atoms with Crippen LogP contribution in [0, 0.1) is 6.92 Å². The maximum atomic E-state index is 12.1. The lowest BCUT2D eigenvalue weighted by molar-refractivity contribution is 0.459. The lowest BCUT2D eigenvalue weighted by atomic mass is 10.2. The highest BCUT2D eigenvalue weighted by atomic mass is 32.2. The van der Waals surface area contributed by atoms with Crippen LogP contribution in [0.25, 0.3) is 0 Å². The third kappa shape index (κ3) is 3.06. The SMILES string of the molecule is CCCCN(C)S(=O)(=O)c1ccc(C)cc1. The van der Waals surface area contributed by atoms with Gasteiger partial charge in [-0.25, -0.2) is 12.7 Å². The molecule has 0 N–H and O–H groups in total. The minimum atomic E-state index is -3.29. The third-order valence-electron chi connectivity index (χ3n) is 2.56. The number of unbranched alkanes of at least 4 members (excludes halogenated alkanes) is 1. The molecule has 0 aromatic heterocycles. The Morgan fingerprint density at radius 3 is 2.25 bits per heavy atom. The van der Waals surface area contributed by atoms with Crippen molar-refractivity contribution in [1.82, 2.24) is 4.31 Å². The zero-order valence-electron chi connectivity index (χ0n) is 10.1. The Kier molecular flexibility index (Phi) is 4.50. The number of sulfonamides is 1. The summed E-state index contributed by atoms with van der Waals surface area (Å²) in [6, 6.07) is 6.96. The standard InChI is InChI=1S/C12H19NO2S/c1-4-5-10-13(3)16(14,15)12-8-6-11(2)7-9-12/h6-9H,4-5,10H2,1-3H3. The second-order valence-electron chi connectivity index (χ2n) is 3.99. The van der Waals surface area contributed by atoms with Crippen LogP contribution < -0.4 is 0 Å². The van der Waals surface area contributed by atoms with Gasteiger partial charge in [0.2, 0.25) is 10.0 Å². The second kappa shape index (κ2) is 5.46. The average Bonchev–Trinajstić information content (AvgIpc) is 2.26. The number of benzene rings is 1. The minimum absolute atomic E-state index is 0.372. The lowest BCUT2D eigenvalue weighted by Gasteiger charge is -2.16. The van der Waals surface area contributed by atoms with E-state index in [1.165, 1.54) is 4.31 Å². The van der Waals surface area contributed by atoms with Gasteiger partial charge in [-0.3, -0.25) is 0 Å². The highest BCUT2D eigenvalue weighted by Crippen LogP contribution is 2.15. The summed E-state index contributed by atoms with van der Waals surface area (Å²) in [7, 11) is -1.66. The molecule has 0 spiro atoms. The monoisotopic (exact) mass is 241 g/mol. The molecule has 0 aliphatic carbocycles. The van der Waals surface area contributed by atoms with E-state index < -0.39 is 10.0 Å². The Morgan fingerprint density at radius 1 is 1.19 bits per heavy atom. The van der Waals surface area contributed by atoms with Crippen LogP contribution in [0.4, 0.5) is 0 Å². The summed E-state index contributed by atoms with van der Waals surface area (Å²) >= 11 is 0. The zero-order valence-corrected chi connectivity index (χ0v) is 10.9. The molecule has 1 aromatic carbocycles. The first-order valence-corrected chi connectivity index (χ1v) is 6.95. The quantitative estimate of drug-likeness (QED) is 0.794. The van der Waals surface area contributed by atoms with Crippen LogP contribution in [0.3, 0.4) is 0 Å². The largest absolute Gasteiger partial charge is 0.242 e. The Balaban J connectivity index is 2.89. The number of nitrogens with zero attached hydrogens (tertiary/aromatic N) is 1. The summed E-state index contributed by atoms with van der Waals surface area (Å²) in [4.78, 5) is 0.372. The highest BCUT2D eigenvalue weighted by molar-refractivity contribution is 7.89. The molecular weight excluding hydrogens is 222 g/mol. The average molecular weight is 241 g/mol. The van der Waals surface area contributed by atoms with Crippen molar-refractivity contribution < 1.29 is 8.42 Å². The van der Waals surface area contributed by atoms with Gasteiger partial charge in [-0.2, -0.15) is 0 Å². The van der Waals surface area contributed by atoms with Crippen molar-refractivity contribution >= 4 is 10.0 Å². The molecule has 0 aliphatic rings. The van der Waals surface area contributed by atoms with E-state index in [2.05, 4.69) is 0 Å². The molecule has 0 atom stereocenters. The molecule has 90 valence electrons. The van der Waals surface area contributed by atoms with Crippen molar-refractivity contribution in [3.8, 4) is 0 Å². The van der Waals surface area contributed by atoms with Crippen LogP contribution in [0.5, 0.6) is 0 Å². The van der Waals surface area contributed by atoms with Gasteiger partial charge in [-0.1, -0.05) is 31.0 Å². The molecule has 0 radical (unpaired) electrons. The summed E-state index contributed by atoms with van der Waals surface area (Å²) in [6.45, 7) is 4.57. The van der Waals surface area contributed by atoms with Crippen molar-refractivity contribution in [3.05, 3.63) is 29.8 Å². The topological polar surface area (TPSA) is 37.4 Å². The van der Waals surface area contributed by atoms with Crippen molar-refractivity contribution in [2.45, 2.75) is 31.6 Å². The van der Waals surface area contributed by atoms with Crippen LogP contribution in [0.2, 0.25) is 0 Å². The van der Waals surface area contributed by atoms with E-state index in [9.17, 15) is 8.42 Å². The number of hydrogen-bond donors (Lipinski definition) is 0. The summed E-state index contributed by atoms with van der Waals surface area (Å²) < 4.78 is 25.6. The molecule has 0 bridgehead atoms. The molecular formula is C12H19NO2S. The normalized spacial score (nSPS) is 12.0.